The summed E-state index contributed by atoms with van der Waals surface area (Å²) >= 11 is 0. The van der Waals surface area contributed by atoms with Crippen molar-refractivity contribution >= 4 is 180 Å². The van der Waals surface area contributed by atoms with E-state index in [2.05, 4.69) is 491 Å². The highest BCUT2D eigenvalue weighted by Gasteiger charge is 2.42. The first kappa shape index (κ1) is 80.0. The quantitative estimate of drug-likeness (QED) is 0.128. The summed E-state index contributed by atoms with van der Waals surface area (Å²) < 4.78 is 35.6. The summed E-state index contributed by atoms with van der Waals surface area (Å²) in [6.07, 6.45) is 0. The number of fused-ring (bicyclic) bond motifs is 20. The molecular weight excluding hydrogens is 1680 g/mol. The number of hydrogen-bond acceptors (Lipinski definition) is 4. The van der Waals surface area contributed by atoms with Gasteiger partial charge in [-0.2, -0.15) is 0 Å². The third kappa shape index (κ3) is 13.0. The molecule has 0 atom stereocenters. The van der Waals surface area contributed by atoms with Gasteiger partial charge in [-0.05, 0) is 198 Å². The van der Waals surface area contributed by atoms with Crippen molar-refractivity contribution in [2.75, 3.05) is 0 Å². The van der Waals surface area contributed by atoms with Crippen LogP contribution in [0.3, 0.4) is 0 Å². The Balaban J connectivity index is 0.000000105. The van der Waals surface area contributed by atoms with E-state index in [1.807, 2.05) is 24.3 Å². The van der Waals surface area contributed by atoms with Crippen LogP contribution in [0.1, 0.15) is 0 Å². The summed E-state index contributed by atoms with van der Waals surface area (Å²) in [5.41, 5.74) is 33.5. The van der Waals surface area contributed by atoms with Crippen LogP contribution in [0.4, 0.5) is 0 Å². The van der Waals surface area contributed by atoms with E-state index in [1.54, 1.807) is 0 Å². The fourth-order valence-corrected chi connectivity index (χ4v) is 23.0. The highest BCUT2D eigenvalue weighted by atomic mass is 16.5. The minimum atomic E-state index is -0.0550. The maximum Gasteiger partial charge on any atom is 0.254 e. The number of nitrogens with zero attached hydrogens (tertiary/aromatic N) is 4. The molecule has 0 N–H and O–H groups in total. The lowest BCUT2D eigenvalue weighted by Crippen LogP contribution is -2.60. The Morgan fingerprint density at radius 1 is 0.159 bits per heavy atom. The molecule has 642 valence electrons. The topological polar surface area (TPSA) is 56.6 Å². The van der Waals surface area contributed by atoms with Gasteiger partial charge in [0.2, 0.25) is 0 Å². The molecule has 12 heteroatoms. The van der Waals surface area contributed by atoms with Crippen molar-refractivity contribution in [1.29, 1.82) is 0 Å². The van der Waals surface area contributed by atoms with Crippen molar-refractivity contribution in [3.05, 3.63) is 497 Å². The minimum absolute atomic E-state index is 0.00830. The van der Waals surface area contributed by atoms with Crippen molar-refractivity contribution in [2.24, 2.45) is 0 Å². The Hall–Kier alpha value is -17.7. The monoisotopic (exact) mass is 1760 g/mol. The van der Waals surface area contributed by atoms with Crippen LogP contribution < -0.4 is 84.5 Å². The van der Waals surface area contributed by atoms with Gasteiger partial charge in [0, 0.05) is 60.2 Å². The maximum absolute atomic E-state index is 6.55. The summed E-state index contributed by atoms with van der Waals surface area (Å²) in [5.74, 6) is 7.28. The third-order valence-corrected chi connectivity index (χ3v) is 28.7. The molecule has 29 rings (SSSR count). The highest BCUT2D eigenvalue weighted by molar-refractivity contribution is 7.01. The number of hydrogen-bond donors (Lipinski definition) is 0. The average Bonchev–Trinajstić information content (AvgIpc) is 1.56. The molecule has 0 saturated carbocycles. The minimum Gasteiger partial charge on any atom is -0.458 e. The Bertz CT molecular complexity index is 8790. The molecule has 4 aromatic heterocycles. The first-order valence-electron chi connectivity index (χ1n) is 47.5. The largest absolute Gasteiger partial charge is 0.458 e. The van der Waals surface area contributed by atoms with Gasteiger partial charge in [-0.1, -0.05) is 387 Å². The Labute approximate surface area is 799 Å². The summed E-state index contributed by atoms with van der Waals surface area (Å²) in [4.78, 5) is 0. The second kappa shape index (κ2) is 33.2. The predicted octanol–water partition coefficient (Wildman–Crippen LogP) is 23.3. The van der Waals surface area contributed by atoms with Gasteiger partial charge in [-0.3, -0.25) is 0 Å². The van der Waals surface area contributed by atoms with Crippen LogP contribution in [0.15, 0.2) is 497 Å². The zero-order valence-electron chi connectivity index (χ0n) is 75.1. The molecule has 0 unspecified atom stereocenters. The first-order valence-corrected chi connectivity index (χ1v) is 47.5. The molecule has 8 heterocycles. The molecule has 138 heavy (non-hydrogen) atoms. The van der Waals surface area contributed by atoms with Crippen LogP contribution in [-0.2, 0) is 0 Å². The lowest BCUT2D eigenvalue weighted by atomic mass is 9.31. The zero-order valence-corrected chi connectivity index (χ0v) is 75.1. The molecule has 8 nitrogen and oxygen atoms in total. The van der Waals surface area contributed by atoms with Crippen molar-refractivity contribution in [2.45, 2.75) is 0 Å². The smallest absolute Gasteiger partial charge is 0.254 e. The fourth-order valence-electron chi connectivity index (χ4n) is 23.0. The molecular formula is C126H82B4N4O4. The van der Waals surface area contributed by atoms with Crippen molar-refractivity contribution in [3.63, 3.8) is 0 Å². The molecule has 0 amide bonds. The number of para-hydroxylation sites is 16. The SMILES string of the molecule is c1ccc(-c2c(B3c4ccccc4Oc4ccccc43)cccc2B2c3ccccc3Oc3ccccc32)cc1.c1ccc(-c2cccc(-n3c4ccccc4c4cc(-n5c6ccccc6c6ccccc65)ccc43)c2B2c3ccccc3Oc3ccccc32)cc1.c1ccc2c(c1)Oc1ccccc1B2c1ccccc1-n1c2ccccc2c2cccc(-n3c4ccccc4c4ccccc43)c21. The lowest BCUT2D eigenvalue weighted by Gasteiger charge is -2.31. The molecule has 0 saturated heterocycles. The van der Waals surface area contributed by atoms with Crippen LogP contribution in [0.25, 0.3) is 132 Å². The molecule has 0 fully saturated rings. The number of benzene rings is 21. The van der Waals surface area contributed by atoms with Gasteiger partial charge in [0.15, 0.2) is 0 Å². The Morgan fingerprint density at radius 2 is 0.428 bits per heavy atom. The van der Waals surface area contributed by atoms with Crippen molar-refractivity contribution in [3.8, 4) is 91.0 Å². The summed E-state index contributed by atoms with van der Waals surface area (Å²) in [6, 6.07) is 178. The second-order valence-electron chi connectivity index (χ2n) is 36.1. The molecule has 0 bridgehead atoms. The highest BCUT2D eigenvalue weighted by Crippen LogP contribution is 2.44. The zero-order chi connectivity index (χ0) is 90.8. The average molecular weight is 1760 g/mol. The molecule has 0 aliphatic carbocycles. The van der Waals surface area contributed by atoms with E-state index in [1.165, 1.54) is 181 Å². The van der Waals surface area contributed by atoms with E-state index in [4.69, 9.17) is 18.9 Å². The first-order chi connectivity index (χ1) is 68.6. The summed E-state index contributed by atoms with van der Waals surface area (Å²) in [6.45, 7) is 0.0119. The van der Waals surface area contributed by atoms with E-state index < -0.39 is 0 Å². The molecule has 21 aromatic carbocycles. The molecule has 4 aliphatic heterocycles. The predicted molar refractivity (Wildman–Crippen MR) is 578 cm³/mol. The van der Waals surface area contributed by atoms with E-state index in [0.29, 0.717) is 0 Å². The van der Waals surface area contributed by atoms with Crippen LogP contribution in [0.2, 0.25) is 0 Å². The molecule has 4 aliphatic rings. The molecule has 25 aromatic rings. The Kier molecular flexibility index (Phi) is 19.2. The molecule has 0 spiro atoms. The fraction of sp³-hybridized carbons (Fsp3) is 0. The number of rotatable bonds is 10. The summed E-state index contributed by atoms with van der Waals surface area (Å²) in [7, 11) is 0. The van der Waals surface area contributed by atoms with Crippen LogP contribution in [-0.4, -0.2) is 45.1 Å². The third-order valence-electron chi connectivity index (χ3n) is 28.7. The second-order valence-corrected chi connectivity index (χ2v) is 36.1. The maximum atomic E-state index is 6.55. The number of ether oxygens (including phenoxy) is 4. The van der Waals surface area contributed by atoms with Gasteiger partial charge in [0.1, 0.15) is 46.0 Å². The Morgan fingerprint density at radius 3 is 0.848 bits per heavy atom. The lowest BCUT2D eigenvalue weighted by molar-refractivity contribution is 0.487. The van der Waals surface area contributed by atoms with Crippen LogP contribution in [0.5, 0.6) is 46.0 Å². The van der Waals surface area contributed by atoms with E-state index in [9.17, 15) is 0 Å². The van der Waals surface area contributed by atoms with Gasteiger partial charge in [0.05, 0.1) is 49.8 Å². The van der Waals surface area contributed by atoms with Crippen LogP contribution >= 0.6 is 0 Å². The van der Waals surface area contributed by atoms with Gasteiger partial charge >= 0.3 is 0 Å². The normalized spacial score (nSPS) is 12.5. The van der Waals surface area contributed by atoms with E-state index in [0.717, 1.165) is 63.1 Å². The van der Waals surface area contributed by atoms with Gasteiger partial charge in [-0.25, -0.2) is 0 Å². The van der Waals surface area contributed by atoms with Gasteiger partial charge < -0.3 is 37.2 Å². The standard InChI is InChI=1S/C48H31BN2O.C42H27BN2O.C36H24B2O2/c1-2-15-32(16-3-1)34-20-14-26-45(48(34)49-39-21-7-12-27-46(39)52-47-28-13-8-22-40(47)49)51-43-25-11-6-19-37(43)38-31-33(29-30-44(38)51)50-41-23-9-4-17-35(41)36-18-5-10-24-42(36)50;1-7-21-35-28(14-1)29-15-2-8-22-36(29)44(35)39-25-13-17-31-30-16-3-9-23-37(30)45(42(31)39)38-24-10-4-18-32(38)43-33-19-5-11-26-40(33)46-41-27-12-6-20-34(41)43;1-2-13-25(14-3-1)36-30(37-26-15-4-8-21-32(26)39-33-22-9-5-16-27(33)37)19-12-20-31(36)38-28-17-6-10-23-34(28)40-35-24-11-7-18-29(35)38/h1-31H;1-27H;1-24H. The van der Waals surface area contributed by atoms with Crippen LogP contribution in [0, 0.1) is 0 Å². The number of aromatic nitrogens is 4. The van der Waals surface area contributed by atoms with Crippen molar-refractivity contribution in [1.82, 2.24) is 18.3 Å². The van der Waals surface area contributed by atoms with E-state index >= 15 is 0 Å². The van der Waals surface area contributed by atoms with Gasteiger partial charge in [-0.15, -0.1) is 0 Å². The van der Waals surface area contributed by atoms with Gasteiger partial charge in [0.25, 0.3) is 26.9 Å². The molecule has 0 radical (unpaired) electrons. The van der Waals surface area contributed by atoms with E-state index in [-0.39, 0.29) is 26.9 Å². The summed E-state index contributed by atoms with van der Waals surface area (Å²) in [5, 5.41) is 9.96. The van der Waals surface area contributed by atoms with Crippen molar-refractivity contribution < 1.29 is 18.9 Å².